The van der Waals surface area contributed by atoms with E-state index in [1.807, 2.05) is 0 Å². The largest absolute Gasteiger partial charge is 0.493 e. The summed E-state index contributed by atoms with van der Waals surface area (Å²) in [5, 5.41) is 26.3. The minimum absolute atomic E-state index is 0.124. The van der Waals surface area contributed by atoms with Crippen molar-refractivity contribution in [2.24, 2.45) is 0 Å². The molecule has 18 heteroatoms. The normalized spacial score (nSPS) is 10.6. The maximum absolute atomic E-state index is 13.6. The molecule has 0 saturated heterocycles. The summed E-state index contributed by atoms with van der Waals surface area (Å²) in [4.78, 5) is 80.4. The van der Waals surface area contributed by atoms with Gasteiger partial charge >= 0.3 is 0 Å². The predicted molar refractivity (Wildman–Crippen MR) is 210 cm³/mol. The Balaban J connectivity index is 1.42. The van der Waals surface area contributed by atoms with Crippen molar-refractivity contribution in [3.63, 3.8) is 0 Å². The Hall–Kier alpha value is -6.98. The highest BCUT2D eigenvalue weighted by Gasteiger charge is 2.23. The molecule has 0 aliphatic carbocycles. The number of hydrogen-bond donors (Lipinski definition) is 4. The fraction of sp³-hybridized carbons (Fsp3) is 0.350. The van der Waals surface area contributed by atoms with E-state index in [2.05, 4.69) is 10.6 Å². The van der Waals surface area contributed by atoms with E-state index in [-0.39, 0.29) is 82.7 Å². The topological polar surface area (TPSA) is 220 Å². The highest BCUT2D eigenvalue weighted by Crippen LogP contribution is 2.31. The Morgan fingerprint density at radius 2 is 0.897 bits per heavy atom. The number of amides is 4. The van der Waals surface area contributed by atoms with Crippen molar-refractivity contribution in [2.75, 3.05) is 67.7 Å². The summed E-state index contributed by atoms with van der Waals surface area (Å²) in [6, 6.07) is 17.3. The van der Waals surface area contributed by atoms with Crippen molar-refractivity contribution >= 4 is 23.6 Å². The minimum atomic E-state index is -0.790. The van der Waals surface area contributed by atoms with Crippen LogP contribution in [0.2, 0.25) is 0 Å². The zero-order valence-corrected chi connectivity index (χ0v) is 32.8. The van der Waals surface area contributed by atoms with Gasteiger partial charge in [-0.05, 0) is 62.1 Å². The molecule has 0 radical (unpaired) electrons. The van der Waals surface area contributed by atoms with Crippen LogP contribution in [0.4, 0.5) is 0 Å². The van der Waals surface area contributed by atoms with Crippen molar-refractivity contribution in [3.8, 4) is 23.0 Å². The molecule has 0 atom stereocenters. The summed E-state index contributed by atoms with van der Waals surface area (Å²) in [6.45, 7) is 0.837. The summed E-state index contributed by atoms with van der Waals surface area (Å²) in [7, 11) is 5.77. The number of nitrogens with zero attached hydrogens (tertiary/aromatic N) is 4. The SMILES string of the molecule is COc1cccc(C(=O)NCCCN(CCCCN(CCCNC(=O)c2cccc(OC)c2OC)C(=O)c2cccc(=O)n2O)C(=O)c2cccc(=O)n2O)c1OC. The number of carbonyl (C=O) groups excluding carboxylic acids is 4. The number of unbranched alkanes of at least 4 members (excludes halogenated alkanes) is 1. The Labute approximate surface area is 334 Å². The van der Waals surface area contributed by atoms with E-state index in [1.54, 1.807) is 36.4 Å². The van der Waals surface area contributed by atoms with Gasteiger partial charge in [-0.1, -0.05) is 24.3 Å². The first-order valence-corrected chi connectivity index (χ1v) is 18.4. The number of carbonyl (C=O) groups is 4. The highest BCUT2D eigenvalue weighted by atomic mass is 16.5. The molecule has 18 nitrogen and oxygen atoms in total. The lowest BCUT2D eigenvalue weighted by Gasteiger charge is -2.26. The maximum atomic E-state index is 13.6. The standard InChI is InChI=1S/C40H48N6O12/c1-55-31-17-7-13-27(35(31)57-3)37(49)41-21-11-25-43(39(51)29-15-9-19-33(47)45(29)53)23-5-6-24-44(40(52)30-16-10-20-34(48)46(30)54)26-12-22-42-38(50)28-14-8-18-32(56-2)36(28)58-4/h7-10,13-20,53-54H,5-6,11-12,21-26H2,1-4H3,(H,41,49)(H,42,50). The molecule has 0 saturated carbocycles. The lowest BCUT2D eigenvalue weighted by Crippen LogP contribution is -2.39. The second-order valence-corrected chi connectivity index (χ2v) is 12.7. The summed E-state index contributed by atoms with van der Waals surface area (Å²) < 4.78 is 21.8. The molecular weight excluding hydrogens is 756 g/mol. The second kappa shape index (κ2) is 21.4. The molecule has 0 fully saturated rings. The molecule has 4 aromatic rings. The molecule has 0 spiro atoms. The molecule has 0 aliphatic rings. The van der Waals surface area contributed by atoms with E-state index in [0.29, 0.717) is 37.2 Å². The van der Waals surface area contributed by atoms with Crippen LogP contribution in [0, 0.1) is 0 Å². The van der Waals surface area contributed by atoms with Gasteiger partial charge in [0, 0.05) is 51.4 Å². The molecule has 2 aromatic heterocycles. The van der Waals surface area contributed by atoms with Gasteiger partial charge in [-0.25, -0.2) is 0 Å². The number of nitrogens with one attached hydrogen (secondary N) is 2. The van der Waals surface area contributed by atoms with Crippen molar-refractivity contribution < 1.29 is 48.5 Å². The first-order valence-electron chi connectivity index (χ1n) is 18.4. The zero-order chi connectivity index (χ0) is 42.2. The second-order valence-electron chi connectivity index (χ2n) is 12.7. The quantitative estimate of drug-likeness (QED) is 0.0706. The third-order valence-corrected chi connectivity index (χ3v) is 9.05. The van der Waals surface area contributed by atoms with Gasteiger partial charge in [0.15, 0.2) is 23.0 Å². The summed E-state index contributed by atoms with van der Waals surface area (Å²) >= 11 is 0. The minimum Gasteiger partial charge on any atom is -0.493 e. The van der Waals surface area contributed by atoms with E-state index in [0.717, 1.165) is 12.1 Å². The molecule has 2 heterocycles. The van der Waals surface area contributed by atoms with Gasteiger partial charge in [0.1, 0.15) is 11.4 Å². The lowest BCUT2D eigenvalue weighted by atomic mass is 10.1. The average molecular weight is 805 g/mol. The molecule has 0 aliphatic heterocycles. The van der Waals surface area contributed by atoms with E-state index in [9.17, 15) is 39.2 Å². The third kappa shape index (κ3) is 10.9. The van der Waals surface area contributed by atoms with Gasteiger partial charge < -0.3 is 49.8 Å². The molecular formula is C40H48N6O12. The summed E-state index contributed by atoms with van der Waals surface area (Å²) in [5.41, 5.74) is -1.57. The van der Waals surface area contributed by atoms with Gasteiger partial charge in [-0.2, -0.15) is 0 Å². The van der Waals surface area contributed by atoms with E-state index >= 15 is 0 Å². The van der Waals surface area contributed by atoms with Crippen LogP contribution in [0.15, 0.2) is 82.4 Å². The third-order valence-electron chi connectivity index (χ3n) is 9.05. The molecule has 310 valence electrons. The Bertz CT molecular complexity index is 2030. The molecule has 0 unspecified atom stereocenters. The highest BCUT2D eigenvalue weighted by molar-refractivity contribution is 5.98. The number of pyridine rings is 2. The zero-order valence-electron chi connectivity index (χ0n) is 32.8. The van der Waals surface area contributed by atoms with E-state index in [4.69, 9.17) is 18.9 Å². The number of hydrogen-bond acceptors (Lipinski definition) is 12. The van der Waals surface area contributed by atoms with Gasteiger partial charge in [0.2, 0.25) is 0 Å². The smallest absolute Gasteiger partial charge is 0.283 e. The lowest BCUT2D eigenvalue weighted by molar-refractivity contribution is 0.0657. The Morgan fingerprint density at radius 3 is 1.26 bits per heavy atom. The van der Waals surface area contributed by atoms with Crippen LogP contribution in [0.1, 0.15) is 67.4 Å². The first kappa shape index (κ1) is 43.7. The van der Waals surface area contributed by atoms with Crippen LogP contribution < -0.4 is 40.7 Å². The van der Waals surface area contributed by atoms with Gasteiger partial charge in [0.25, 0.3) is 34.7 Å². The molecule has 0 bridgehead atoms. The predicted octanol–water partition coefficient (Wildman–Crippen LogP) is 2.52. The average Bonchev–Trinajstić information content (AvgIpc) is 3.24. The molecule has 58 heavy (non-hydrogen) atoms. The van der Waals surface area contributed by atoms with Crippen molar-refractivity contribution in [1.82, 2.24) is 29.9 Å². The molecule has 4 amide bonds. The molecule has 4 rings (SSSR count). The van der Waals surface area contributed by atoms with Crippen LogP contribution in [-0.4, -0.2) is 121 Å². The van der Waals surface area contributed by atoms with Crippen molar-refractivity contribution in [2.45, 2.75) is 25.7 Å². The Morgan fingerprint density at radius 1 is 0.534 bits per heavy atom. The number of rotatable bonds is 21. The number of methoxy groups -OCH3 is 4. The summed E-state index contributed by atoms with van der Waals surface area (Å²) in [6.07, 6.45) is 1.29. The van der Waals surface area contributed by atoms with Crippen molar-refractivity contribution in [1.29, 1.82) is 0 Å². The van der Waals surface area contributed by atoms with Crippen LogP contribution in [-0.2, 0) is 0 Å². The fourth-order valence-corrected chi connectivity index (χ4v) is 6.11. The number of benzene rings is 2. The first-order chi connectivity index (χ1) is 28.0. The van der Waals surface area contributed by atoms with E-state index in [1.165, 1.54) is 62.5 Å². The van der Waals surface area contributed by atoms with Crippen LogP contribution in [0.25, 0.3) is 0 Å². The number of para-hydroxylation sites is 2. The molecule has 2 aromatic carbocycles. The summed E-state index contributed by atoms with van der Waals surface area (Å²) in [5.74, 6) is -0.797. The van der Waals surface area contributed by atoms with Crippen molar-refractivity contribution in [3.05, 3.63) is 116 Å². The number of aromatic nitrogens is 2. The molecule has 4 N–H and O–H groups in total. The van der Waals surface area contributed by atoms with Crippen LogP contribution in [0.3, 0.4) is 0 Å². The monoisotopic (exact) mass is 804 g/mol. The van der Waals surface area contributed by atoms with E-state index < -0.39 is 34.7 Å². The van der Waals surface area contributed by atoms with Crippen LogP contribution in [0.5, 0.6) is 23.0 Å². The van der Waals surface area contributed by atoms with Crippen LogP contribution >= 0.6 is 0 Å². The number of ether oxygens (including phenoxy) is 4. The van der Waals surface area contributed by atoms with Gasteiger partial charge in [-0.15, -0.1) is 9.46 Å². The van der Waals surface area contributed by atoms with Gasteiger partial charge in [-0.3, -0.25) is 28.8 Å². The maximum Gasteiger partial charge on any atom is 0.283 e. The van der Waals surface area contributed by atoms with Gasteiger partial charge in [0.05, 0.1) is 39.6 Å². The Kier molecular flexibility index (Phi) is 16.1. The fourth-order valence-electron chi connectivity index (χ4n) is 6.11.